The molecule has 0 unspecified atom stereocenters. The van der Waals surface area contributed by atoms with Crippen molar-refractivity contribution in [1.29, 1.82) is 0 Å². The molecule has 0 radical (unpaired) electrons. The van der Waals surface area contributed by atoms with E-state index in [-0.39, 0.29) is 12.5 Å². The third-order valence-corrected chi connectivity index (χ3v) is 5.45. The number of aromatic nitrogens is 3. The smallest absolute Gasteiger partial charge is 0.303 e. The Morgan fingerprint density at radius 2 is 1.97 bits per heavy atom. The van der Waals surface area contributed by atoms with Gasteiger partial charge in [-0.1, -0.05) is 41.9 Å². The van der Waals surface area contributed by atoms with Gasteiger partial charge in [0.25, 0.3) is 0 Å². The summed E-state index contributed by atoms with van der Waals surface area (Å²) in [5, 5.41) is 18.6. The van der Waals surface area contributed by atoms with E-state index in [4.69, 9.17) is 16.7 Å². The molecule has 4 aromatic rings. The maximum absolute atomic E-state index is 11.0. The van der Waals surface area contributed by atoms with Crippen molar-refractivity contribution < 1.29 is 9.90 Å². The second-order valence-corrected chi connectivity index (χ2v) is 8.01. The number of aryl methyl sites for hydroxylation is 2. The van der Waals surface area contributed by atoms with Crippen LogP contribution in [0.4, 0.5) is 5.82 Å². The highest BCUT2D eigenvalue weighted by molar-refractivity contribution is 6.30. The normalized spacial score (nSPS) is 12.1. The molecular formula is C24H23ClN4O2. The molecule has 0 saturated heterocycles. The molecule has 0 fully saturated rings. The van der Waals surface area contributed by atoms with Gasteiger partial charge in [-0.15, -0.1) is 0 Å². The van der Waals surface area contributed by atoms with Gasteiger partial charge in [-0.05, 0) is 49.6 Å². The molecule has 31 heavy (non-hydrogen) atoms. The number of hydrogen-bond donors (Lipinski definition) is 2. The highest BCUT2D eigenvalue weighted by Gasteiger charge is 2.14. The first-order valence-corrected chi connectivity index (χ1v) is 10.5. The first-order chi connectivity index (χ1) is 14.9. The Labute approximate surface area is 185 Å². The number of anilines is 1. The van der Waals surface area contributed by atoms with E-state index < -0.39 is 5.97 Å². The highest BCUT2D eigenvalue weighted by Crippen LogP contribution is 2.27. The fourth-order valence-corrected chi connectivity index (χ4v) is 3.88. The number of aliphatic carboxylic acids is 1. The van der Waals surface area contributed by atoms with Gasteiger partial charge >= 0.3 is 5.97 Å². The highest BCUT2D eigenvalue weighted by atomic mass is 35.5. The van der Waals surface area contributed by atoms with E-state index in [9.17, 15) is 4.79 Å². The Hall–Kier alpha value is -3.38. The zero-order chi connectivity index (χ0) is 22.0. The number of benzene rings is 2. The summed E-state index contributed by atoms with van der Waals surface area (Å²) in [6, 6.07) is 17.8. The van der Waals surface area contributed by atoms with Crippen LogP contribution in [-0.2, 0) is 11.2 Å². The summed E-state index contributed by atoms with van der Waals surface area (Å²) in [5.74, 6) is -0.0885. The van der Waals surface area contributed by atoms with E-state index in [2.05, 4.69) is 34.5 Å². The van der Waals surface area contributed by atoms with Crippen molar-refractivity contribution in [3.05, 3.63) is 82.6 Å². The van der Waals surface area contributed by atoms with Gasteiger partial charge in [0.1, 0.15) is 5.82 Å². The van der Waals surface area contributed by atoms with Gasteiger partial charge in [0.05, 0.1) is 16.9 Å². The van der Waals surface area contributed by atoms with Crippen LogP contribution >= 0.6 is 11.6 Å². The number of nitrogens with zero attached hydrogens (tertiary/aromatic N) is 3. The maximum atomic E-state index is 11.0. The predicted molar refractivity (Wildman–Crippen MR) is 123 cm³/mol. The number of nitrogens with one attached hydrogen (secondary N) is 1. The largest absolute Gasteiger partial charge is 0.481 e. The molecule has 0 bridgehead atoms. The van der Waals surface area contributed by atoms with E-state index in [0.717, 1.165) is 33.7 Å². The number of fused-ring (bicyclic) bond motifs is 1. The lowest BCUT2D eigenvalue weighted by Gasteiger charge is -2.15. The summed E-state index contributed by atoms with van der Waals surface area (Å²) in [6.45, 7) is 4.03. The van der Waals surface area contributed by atoms with Crippen LogP contribution in [0.2, 0.25) is 5.02 Å². The van der Waals surface area contributed by atoms with Crippen molar-refractivity contribution >= 4 is 34.3 Å². The van der Waals surface area contributed by atoms with Gasteiger partial charge in [-0.2, -0.15) is 5.10 Å². The number of hydrogen-bond acceptors (Lipinski definition) is 4. The lowest BCUT2D eigenvalue weighted by atomic mass is 10.1. The van der Waals surface area contributed by atoms with Gasteiger partial charge < -0.3 is 10.4 Å². The first kappa shape index (κ1) is 20.9. The lowest BCUT2D eigenvalue weighted by Crippen LogP contribution is -2.08. The van der Waals surface area contributed by atoms with E-state index in [0.29, 0.717) is 11.4 Å². The molecule has 0 aliphatic carbocycles. The topological polar surface area (TPSA) is 80.0 Å². The van der Waals surface area contributed by atoms with Crippen LogP contribution in [0.1, 0.15) is 36.2 Å². The fourth-order valence-electron chi connectivity index (χ4n) is 3.63. The molecule has 0 aliphatic rings. The summed E-state index contributed by atoms with van der Waals surface area (Å²) in [4.78, 5) is 15.5. The average Bonchev–Trinajstić information content (AvgIpc) is 3.08. The minimum absolute atomic E-state index is 0.0496. The van der Waals surface area contributed by atoms with Gasteiger partial charge in [-0.25, -0.2) is 9.67 Å². The summed E-state index contributed by atoms with van der Waals surface area (Å²) in [7, 11) is 0. The first-order valence-electron chi connectivity index (χ1n) is 10.1. The molecule has 2 N–H and O–H groups in total. The number of carboxylic acid groups (broad SMARTS) is 1. The molecule has 158 valence electrons. The van der Waals surface area contributed by atoms with Crippen LogP contribution in [0, 0.1) is 6.92 Å². The van der Waals surface area contributed by atoms with Crippen LogP contribution < -0.4 is 5.32 Å². The monoisotopic (exact) mass is 434 g/mol. The summed E-state index contributed by atoms with van der Waals surface area (Å²) < 4.78 is 1.83. The molecule has 7 heteroatoms. The van der Waals surface area contributed by atoms with E-state index in [1.165, 1.54) is 5.56 Å². The number of rotatable bonds is 7. The molecule has 2 aromatic carbocycles. The number of carboxylic acids is 1. The van der Waals surface area contributed by atoms with Crippen molar-refractivity contribution in [3.8, 4) is 5.69 Å². The molecule has 0 amide bonds. The van der Waals surface area contributed by atoms with Gasteiger partial charge in [0.15, 0.2) is 0 Å². The molecule has 0 spiro atoms. The SMILES string of the molecule is Cc1nn(-c2cc(Cl)cc(CCC(=O)O)c2)c2cc(N[C@@H](C)c3ccccc3)ncc12. The number of halogens is 1. The van der Waals surface area contributed by atoms with Crippen LogP contribution in [0.15, 0.2) is 60.8 Å². The van der Waals surface area contributed by atoms with Gasteiger partial charge in [0.2, 0.25) is 0 Å². The minimum atomic E-state index is -0.837. The van der Waals surface area contributed by atoms with Gasteiger partial charge in [0, 0.05) is 35.1 Å². The van der Waals surface area contributed by atoms with E-state index in [1.54, 1.807) is 6.07 Å². The Bertz CT molecular complexity index is 1240. The van der Waals surface area contributed by atoms with Crippen LogP contribution in [0.5, 0.6) is 0 Å². The molecule has 4 rings (SSSR count). The molecule has 2 heterocycles. The molecule has 1 atom stereocenters. The Kier molecular flexibility index (Phi) is 5.91. The van der Waals surface area contributed by atoms with Crippen LogP contribution in [0.3, 0.4) is 0 Å². The molecule has 0 aliphatic heterocycles. The van der Waals surface area contributed by atoms with Crippen molar-refractivity contribution in [3.63, 3.8) is 0 Å². The van der Waals surface area contributed by atoms with Crippen molar-refractivity contribution in [2.45, 2.75) is 32.7 Å². The number of carbonyl (C=O) groups is 1. The third-order valence-electron chi connectivity index (χ3n) is 5.23. The summed E-state index contributed by atoms with van der Waals surface area (Å²) in [6.07, 6.45) is 2.28. The zero-order valence-corrected chi connectivity index (χ0v) is 18.1. The Balaban J connectivity index is 1.70. The lowest BCUT2D eigenvalue weighted by molar-refractivity contribution is -0.136. The van der Waals surface area contributed by atoms with Crippen molar-refractivity contribution in [2.75, 3.05) is 5.32 Å². The zero-order valence-electron chi connectivity index (χ0n) is 17.3. The Morgan fingerprint density at radius 1 is 1.19 bits per heavy atom. The van der Waals surface area contributed by atoms with E-state index in [1.807, 2.05) is 54.2 Å². The van der Waals surface area contributed by atoms with Gasteiger partial charge in [-0.3, -0.25) is 4.79 Å². The molecule has 6 nitrogen and oxygen atoms in total. The Morgan fingerprint density at radius 3 is 2.71 bits per heavy atom. The quantitative estimate of drug-likeness (QED) is 0.397. The molecule has 0 saturated carbocycles. The van der Waals surface area contributed by atoms with Crippen LogP contribution in [-0.4, -0.2) is 25.8 Å². The summed E-state index contributed by atoms with van der Waals surface area (Å²) >= 11 is 6.33. The fraction of sp³-hybridized carbons (Fsp3) is 0.208. The standard InChI is InChI=1S/C24H23ClN4O2/c1-15(18-6-4-3-5-7-18)27-23-13-22-21(14-26-23)16(2)28-29(22)20-11-17(8-9-24(30)31)10-19(25)12-20/h3-7,10-15H,8-9H2,1-2H3,(H,26,27)(H,30,31)/t15-/m0/s1. The van der Waals surface area contributed by atoms with Crippen LogP contribution in [0.25, 0.3) is 16.6 Å². The third kappa shape index (κ3) is 4.70. The number of pyridine rings is 1. The second kappa shape index (κ2) is 8.78. The maximum Gasteiger partial charge on any atom is 0.303 e. The second-order valence-electron chi connectivity index (χ2n) is 7.57. The minimum Gasteiger partial charge on any atom is -0.481 e. The summed E-state index contributed by atoms with van der Waals surface area (Å²) in [5.41, 5.74) is 4.58. The predicted octanol–water partition coefficient (Wildman–Crippen LogP) is 5.57. The van der Waals surface area contributed by atoms with Crippen molar-refractivity contribution in [1.82, 2.24) is 14.8 Å². The van der Waals surface area contributed by atoms with E-state index >= 15 is 0 Å². The molecule has 2 aromatic heterocycles. The average molecular weight is 435 g/mol. The van der Waals surface area contributed by atoms with Crippen molar-refractivity contribution in [2.24, 2.45) is 0 Å². The molecular weight excluding hydrogens is 412 g/mol.